The molecule has 1 aromatic carbocycles. The summed E-state index contributed by atoms with van der Waals surface area (Å²) in [6.45, 7) is 2.79. The first-order valence-corrected chi connectivity index (χ1v) is 9.05. The van der Waals surface area contributed by atoms with Crippen molar-refractivity contribution in [3.8, 4) is 0 Å². The van der Waals surface area contributed by atoms with Crippen LogP contribution in [0.2, 0.25) is 0 Å². The van der Waals surface area contributed by atoms with Gasteiger partial charge in [0.25, 0.3) is 0 Å². The quantitative estimate of drug-likeness (QED) is 0.806. The van der Waals surface area contributed by atoms with Gasteiger partial charge in [0.05, 0.1) is 17.7 Å². The molecule has 0 spiro atoms. The number of benzene rings is 1. The first-order chi connectivity index (χ1) is 12.7. The monoisotopic (exact) mass is 388 g/mol. The zero-order chi connectivity index (χ0) is 19.8. The lowest BCUT2D eigenvalue weighted by atomic mass is 9.77. The summed E-state index contributed by atoms with van der Waals surface area (Å²) in [6.07, 6.45) is -3.13. The third-order valence-corrected chi connectivity index (χ3v) is 5.65. The van der Waals surface area contributed by atoms with Crippen molar-refractivity contribution in [2.75, 3.05) is 20.2 Å². The van der Waals surface area contributed by atoms with Crippen molar-refractivity contribution in [1.29, 1.82) is 0 Å². The Labute approximate surface area is 155 Å². The molecule has 1 aliphatic carbocycles. The van der Waals surface area contributed by atoms with Crippen LogP contribution in [0.25, 0.3) is 0 Å². The number of rotatable bonds is 4. The van der Waals surface area contributed by atoms with Crippen molar-refractivity contribution < 1.29 is 27.1 Å². The number of nitrogens with one attached hydrogen (secondary N) is 1. The number of likely N-dealkylation sites (tertiary alicyclic amines) is 1. The fourth-order valence-electron chi connectivity index (χ4n) is 4.52. The lowest BCUT2D eigenvalue weighted by Gasteiger charge is -2.37. The minimum absolute atomic E-state index is 0.0390. The molecule has 2 aliphatic rings. The number of hydrogen-bond acceptors (Lipinski definition) is 3. The van der Waals surface area contributed by atoms with Gasteiger partial charge in [-0.25, -0.2) is 4.39 Å². The van der Waals surface area contributed by atoms with E-state index in [0.717, 1.165) is 31.0 Å². The molecule has 0 unspecified atom stereocenters. The maximum Gasteiger partial charge on any atom is 0.416 e. The lowest BCUT2D eigenvalue weighted by molar-refractivity contribution is -0.138. The first-order valence-electron chi connectivity index (χ1n) is 9.05. The zero-order valence-electron chi connectivity index (χ0n) is 15.4. The van der Waals surface area contributed by atoms with Gasteiger partial charge in [0.15, 0.2) is 0 Å². The van der Waals surface area contributed by atoms with Crippen LogP contribution in [0.4, 0.5) is 17.6 Å². The van der Waals surface area contributed by atoms with Crippen molar-refractivity contribution >= 4 is 5.91 Å². The molecule has 1 saturated carbocycles. The van der Waals surface area contributed by atoms with Gasteiger partial charge in [-0.1, -0.05) is 0 Å². The van der Waals surface area contributed by atoms with E-state index in [0.29, 0.717) is 19.0 Å². The molecule has 0 aromatic heterocycles. The predicted octanol–water partition coefficient (Wildman–Crippen LogP) is 3.21. The number of amides is 1. The number of halogens is 4. The third kappa shape index (κ3) is 4.60. The molecule has 2 fully saturated rings. The highest BCUT2D eigenvalue weighted by Gasteiger charge is 2.43. The van der Waals surface area contributed by atoms with Gasteiger partial charge < -0.3 is 10.1 Å². The Balaban J connectivity index is 1.72. The molecule has 27 heavy (non-hydrogen) atoms. The van der Waals surface area contributed by atoms with E-state index in [1.54, 1.807) is 7.11 Å². The van der Waals surface area contributed by atoms with Crippen LogP contribution >= 0.6 is 0 Å². The average molecular weight is 388 g/mol. The second-order valence-corrected chi connectivity index (χ2v) is 7.57. The summed E-state index contributed by atoms with van der Waals surface area (Å²) in [5, 5.41) is 2.92. The summed E-state index contributed by atoms with van der Waals surface area (Å²) >= 11 is 0. The number of hydrogen-bond donors (Lipinski definition) is 1. The second-order valence-electron chi connectivity index (χ2n) is 7.57. The largest absolute Gasteiger partial charge is 0.416 e. The molecular formula is C19H24F4N2O2. The molecule has 1 heterocycles. The summed E-state index contributed by atoms with van der Waals surface area (Å²) in [7, 11) is 1.61. The molecule has 4 nitrogen and oxygen atoms in total. The Bertz CT molecular complexity index is 695. The molecule has 1 amide bonds. The Morgan fingerprint density at radius 3 is 2.52 bits per heavy atom. The van der Waals surface area contributed by atoms with Gasteiger partial charge in [0, 0.05) is 33.7 Å². The average Bonchev–Trinajstić information content (AvgIpc) is 2.93. The Morgan fingerprint density at radius 2 is 1.93 bits per heavy atom. The first kappa shape index (κ1) is 20.1. The number of nitrogens with zero attached hydrogens (tertiary/aromatic N) is 1. The van der Waals surface area contributed by atoms with Gasteiger partial charge in [-0.2, -0.15) is 13.2 Å². The van der Waals surface area contributed by atoms with Crippen LogP contribution in [0.15, 0.2) is 18.2 Å². The molecule has 1 N–H and O–H groups in total. The fourth-order valence-corrected chi connectivity index (χ4v) is 4.52. The van der Waals surface area contributed by atoms with E-state index >= 15 is 0 Å². The summed E-state index contributed by atoms with van der Waals surface area (Å²) < 4.78 is 58.7. The van der Waals surface area contributed by atoms with Gasteiger partial charge >= 0.3 is 6.18 Å². The summed E-state index contributed by atoms with van der Waals surface area (Å²) in [5.41, 5.74) is -0.826. The zero-order valence-corrected chi connectivity index (χ0v) is 15.4. The normalized spacial score (nSPS) is 28.8. The number of fused-ring (bicyclic) bond motifs is 1. The topological polar surface area (TPSA) is 41.6 Å². The van der Waals surface area contributed by atoms with Gasteiger partial charge in [0.2, 0.25) is 5.91 Å². The summed E-state index contributed by atoms with van der Waals surface area (Å²) in [5.74, 6) is -0.219. The number of ether oxygens (including phenoxy) is 1. The van der Waals surface area contributed by atoms with E-state index in [4.69, 9.17) is 4.74 Å². The van der Waals surface area contributed by atoms with Crippen LogP contribution in [0.5, 0.6) is 0 Å². The van der Waals surface area contributed by atoms with E-state index in [9.17, 15) is 22.4 Å². The van der Waals surface area contributed by atoms with Gasteiger partial charge in [-0.05, 0) is 48.4 Å². The third-order valence-electron chi connectivity index (χ3n) is 5.65. The molecule has 0 radical (unpaired) electrons. The highest BCUT2D eigenvalue weighted by atomic mass is 19.4. The minimum Gasteiger partial charge on any atom is -0.379 e. The number of carbonyl (C=O) groups excluding carboxylic acids is 1. The van der Waals surface area contributed by atoms with Crippen LogP contribution in [0.1, 0.15) is 30.9 Å². The molecule has 1 saturated heterocycles. The SMILES string of the molecule is CO[C@@H]1C[C@H]2CN(Cc3cc(F)ccc3C(F)(F)F)C[C@H]2C[C@H]1NC(C)=O. The molecule has 1 aromatic rings. The maximum absolute atomic E-state index is 13.5. The van der Waals surface area contributed by atoms with Gasteiger partial charge in [-0.15, -0.1) is 0 Å². The van der Waals surface area contributed by atoms with Crippen molar-refractivity contribution in [2.45, 2.75) is 44.6 Å². The van der Waals surface area contributed by atoms with E-state index in [1.165, 1.54) is 6.92 Å². The molecule has 0 bridgehead atoms. The van der Waals surface area contributed by atoms with E-state index in [2.05, 4.69) is 5.32 Å². The van der Waals surface area contributed by atoms with Crippen molar-refractivity contribution in [2.24, 2.45) is 11.8 Å². The van der Waals surface area contributed by atoms with Crippen LogP contribution in [-0.2, 0) is 22.3 Å². The van der Waals surface area contributed by atoms with E-state index in [-0.39, 0.29) is 36.1 Å². The number of methoxy groups -OCH3 is 1. The maximum atomic E-state index is 13.5. The van der Waals surface area contributed by atoms with Crippen LogP contribution in [0.3, 0.4) is 0 Å². The minimum atomic E-state index is -4.51. The Hall–Kier alpha value is -1.67. The molecule has 3 rings (SSSR count). The molecule has 4 atom stereocenters. The van der Waals surface area contributed by atoms with Crippen LogP contribution < -0.4 is 5.32 Å². The smallest absolute Gasteiger partial charge is 0.379 e. The highest BCUT2D eigenvalue weighted by Crippen LogP contribution is 2.39. The standard InChI is InChI=1S/C19H24F4N2O2/c1-11(26)24-17-6-12-8-25(9-13(12)7-18(17)27-2)10-14-5-15(20)3-4-16(14)19(21,22)23/h3-5,12-13,17-18H,6-10H2,1-2H3,(H,24,26)/t12-,13+,17-,18-/m1/s1. The molecule has 1 aliphatic heterocycles. The summed E-state index contributed by atoms with van der Waals surface area (Å²) in [4.78, 5) is 13.4. The van der Waals surface area contributed by atoms with Gasteiger partial charge in [0.1, 0.15) is 5.82 Å². The van der Waals surface area contributed by atoms with E-state index in [1.807, 2.05) is 4.90 Å². The van der Waals surface area contributed by atoms with E-state index < -0.39 is 17.6 Å². The lowest BCUT2D eigenvalue weighted by Crippen LogP contribution is -2.49. The molecule has 150 valence electrons. The van der Waals surface area contributed by atoms with Crippen LogP contribution in [0, 0.1) is 17.7 Å². The van der Waals surface area contributed by atoms with Crippen molar-refractivity contribution in [1.82, 2.24) is 10.2 Å². The van der Waals surface area contributed by atoms with Gasteiger partial charge in [-0.3, -0.25) is 9.69 Å². The van der Waals surface area contributed by atoms with Crippen LogP contribution in [-0.4, -0.2) is 43.2 Å². The predicted molar refractivity (Wildman–Crippen MR) is 91.3 cm³/mol. The Morgan fingerprint density at radius 1 is 1.26 bits per heavy atom. The highest BCUT2D eigenvalue weighted by molar-refractivity contribution is 5.73. The second kappa shape index (κ2) is 7.75. The fraction of sp³-hybridized carbons (Fsp3) is 0.632. The molecular weight excluding hydrogens is 364 g/mol. The van der Waals surface area contributed by atoms with Crippen molar-refractivity contribution in [3.63, 3.8) is 0 Å². The van der Waals surface area contributed by atoms with Crippen molar-refractivity contribution in [3.05, 3.63) is 35.1 Å². The number of alkyl halides is 3. The molecule has 8 heteroatoms. The summed E-state index contributed by atoms with van der Waals surface area (Å²) in [6, 6.07) is 2.54. The number of carbonyl (C=O) groups is 1. The Kier molecular flexibility index (Phi) is 5.76.